The van der Waals surface area contributed by atoms with Crippen molar-refractivity contribution < 1.29 is 0 Å². The monoisotopic (exact) mass is 218 g/mol. The zero-order chi connectivity index (χ0) is 11.6. The van der Waals surface area contributed by atoms with Crippen molar-refractivity contribution in [1.29, 1.82) is 0 Å². The Morgan fingerprint density at radius 3 is 2.81 bits per heavy atom. The smallest absolute Gasteiger partial charge is 0.0938 e. The van der Waals surface area contributed by atoms with Gasteiger partial charge in [0.05, 0.1) is 19.7 Å². The molecule has 0 saturated heterocycles. The average molecular weight is 218 g/mol. The summed E-state index contributed by atoms with van der Waals surface area (Å²) in [5.74, 6) is 1.13. The molecule has 3 heteroatoms. The first-order chi connectivity index (χ1) is 7.57. The number of rotatable bonds is 0. The molecule has 2 radical (unpaired) electrons. The summed E-state index contributed by atoms with van der Waals surface area (Å²) in [6, 6.07) is 1.11. The third-order valence-corrected chi connectivity index (χ3v) is 3.98. The average Bonchev–Trinajstić information content (AvgIpc) is 2.54. The zero-order valence-corrected chi connectivity index (χ0v) is 10.6. The van der Waals surface area contributed by atoms with Gasteiger partial charge >= 0.3 is 0 Å². The molecule has 0 aromatic heterocycles. The second kappa shape index (κ2) is 4.81. The highest BCUT2D eigenvalue weighted by Crippen LogP contribution is 2.36. The van der Waals surface area contributed by atoms with Crippen LogP contribution in [0.15, 0.2) is 4.99 Å². The highest BCUT2D eigenvalue weighted by atomic mass is 15.1. The Kier molecular flexibility index (Phi) is 3.61. The lowest BCUT2D eigenvalue weighted by atomic mass is 9.64. The van der Waals surface area contributed by atoms with E-state index in [0.717, 1.165) is 12.3 Å². The number of amidine groups is 1. The third kappa shape index (κ3) is 3.02. The SMILES string of the molecule is [B]C1(C)CCCCC2N=C(C)NC2CCC1. The summed E-state index contributed by atoms with van der Waals surface area (Å²) in [4.78, 5) is 4.70. The van der Waals surface area contributed by atoms with Gasteiger partial charge in [-0.05, 0) is 19.8 Å². The minimum atomic E-state index is 0.0569. The summed E-state index contributed by atoms with van der Waals surface area (Å²) in [6.07, 6.45) is 8.52. The van der Waals surface area contributed by atoms with Crippen LogP contribution in [0.4, 0.5) is 0 Å². The fraction of sp³-hybridized carbons (Fsp3) is 0.923. The Morgan fingerprint density at radius 2 is 2.00 bits per heavy atom. The van der Waals surface area contributed by atoms with E-state index in [4.69, 9.17) is 12.8 Å². The lowest BCUT2D eigenvalue weighted by molar-refractivity contribution is 0.378. The maximum atomic E-state index is 6.28. The van der Waals surface area contributed by atoms with Crippen LogP contribution < -0.4 is 5.32 Å². The first-order valence-corrected chi connectivity index (χ1v) is 6.67. The summed E-state index contributed by atoms with van der Waals surface area (Å²) in [7, 11) is 6.28. The maximum Gasteiger partial charge on any atom is 0.0938 e. The summed E-state index contributed by atoms with van der Waals surface area (Å²) < 4.78 is 0. The van der Waals surface area contributed by atoms with Crippen LogP contribution in [-0.4, -0.2) is 25.8 Å². The maximum absolute atomic E-state index is 6.28. The molecule has 1 fully saturated rings. The van der Waals surface area contributed by atoms with E-state index in [1.54, 1.807) is 0 Å². The minimum absolute atomic E-state index is 0.0569. The van der Waals surface area contributed by atoms with Gasteiger partial charge in [0.25, 0.3) is 0 Å². The molecule has 0 aromatic rings. The number of fused-ring (bicyclic) bond motifs is 1. The second-order valence-corrected chi connectivity index (χ2v) is 5.82. The van der Waals surface area contributed by atoms with Crippen LogP contribution >= 0.6 is 0 Å². The molecule has 88 valence electrons. The molecule has 3 unspecified atom stereocenters. The second-order valence-electron chi connectivity index (χ2n) is 5.82. The molecule has 2 aliphatic rings. The van der Waals surface area contributed by atoms with Crippen LogP contribution in [-0.2, 0) is 0 Å². The molecule has 1 aliphatic heterocycles. The lowest BCUT2D eigenvalue weighted by Gasteiger charge is -2.28. The largest absolute Gasteiger partial charge is 0.369 e. The third-order valence-electron chi connectivity index (χ3n) is 3.98. The van der Waals surface area contributed by atoms with Crippen molar-refractivity contribution in [3.8, 4) is 0 Å². The van der Waals surface area contributed by atoms with Gasteiger partial charge < -0.3 is 5.32 Å². The molecule has 2 nitrogen and oxygen atoms in total. The van der Waals surface area contributed by atoms with Gasteiger partial charge in [-0.3, -0.25) is 4.99 Å². The van der Waals surface area contributed by atoms with Crippen LogP contribution in [0.25, 0.3) is 0 Å². The molecular formula is C13H23BN2. The Balaban J connectivity index is 1.94. The summed E-state index contributed by atoms with van der Waals surface area (Å²) in [5, 5.41) is 3.57. The molecule has 1 aliphatic carbocycles. The van der Waals surface area contributed by atoms with Gasteiger partial charge in [-0.1, -0.05) is 44.3 Å². The predicted octanol–water partition coefficient (Wildman–Crippen LogP) is 2.84. The van der Waals surface area contributed by atoms with Crippen molar-refractivity contribution in [2.45, 2.75) is 76.2 Å². The predicted molar refractivity (Wildman–Crippen MR) is 70.3 cm³/mol. The van der Waals surface area contributed by atoms with E-state index < -0.39 is 0 Å². The quantitative estimate of drug-likeness (QED) is 0.621. The highest BCUT2D eigenvalue weighted by Gasteiger charge is 2.28. The summed E-state index contributed by atoms with van der Waals surface area (Å²) in [6.45, 7) is 4.29. The Bertz CT molecular complexity index is 273. The van der Waals surface area contributed by atoms with Crippen molar-refractivity contribution in [3.05, 3.63) is 0 Å². The van der Waals surface area contributed by atoms with E-state index in [0.29, 0.717) is 12.1 Å². The Morgan fingerprint density at radius 1 is 1.25 bits per heavy atom. The Hall–Kier alpha value is -0.465. The number of hydrogen-bond acceptors (Lipinski definition) is 2. The van der Waals surface area contributed by atoms with Crippen LogP contribution in [0.2, 0.25) is 5.31 Å². The molecule has 16 heavy (non-hydrogen) atoms. The van der Waals surface area contributed by atoms with Gasteiger partial charge in [-0.25, -0.2) is 0 Å². The number of hydrogen-bond donors (Lipinski definition) is 1. The molecule has 3 atom stereocenters. The van der Waals surface area contributed by atoms with Crippen molar-refractivity contribution in [3.63, 3.8) is 0 Å². The van der Waals surface area contributed by atoms with Crippen LogP contribution in [0.5, 0.6) is 0 Å². The minimum Gasteiger partial charge on any atom is -0.369 e. The topological polar surface area (TPSA) is 24.4 Å². The van der Waals surface area contributed by atoms with E-state index >= 15 is 0 Å². The van der Waals surface area contributed by atoms with Crippen molar-refractivity contribution in [1.82, 2.24) is 5.32 Å². The van der Waals surface area contributed by atoms with Gasteiger partial charge in [0.1, 0.15) is 0 Å². The van der Waals surface area contributed by atoms with E-state index in [1.807, 2.05) is 0 Å². The molecule has 2 rings (SSSR count). The fourth-order valence-electron chi connectivity index (χ4n) is 3.00. The molecule has 1 N–H and O–H groups in total. The van der Waals surface area contributed by atoms with E-state index in [-0.39, 0.29) is 5.31 Å². The van der Waals surface area contributed by atoms with E-state index in [2.05, 4.69) is 19.2 Å². The highest BCUT2D eigenvalue weighted by molar-refractivity contribution is 6.14. The number of nitrogens with one attached hydrogen (secondary N) is 1. The number of aliphatic imine (C=N–C) groups is 1. The number of nitrogens with zero attached hydrogens (tertiary/aromatic N) is 1. The van der Waals surface area contributed by atoms with Crippen molar-refractivity contribution in [2.24, 2.45) is 4.99 Å². The molecule has 1 saturated carbocycles. The molecule has 0 bridgehead atoms. The first kappa shape index (κ1) is 12.0. The fourth-order valence-corrected chi connectivity index (χ4v) is 3.00. The molecule has 1 heterocycles. The van der Waals surface area contributed by atoms with E-state index in [1.165, 1.54) is 38.5 Å². The molecule has 0 spiro atoms. The molecule has 0 aromatic carbocycles. The summed E-state index contributed by atoms with van der Waals surface area (Å²) >= 11 is 0. The Labute approximate surface area is 101 Å². The van der Waals surface area contributed by atoms with Crippen molar-refractivity contribution in [2.75, 3.05) is 0 Å². The zero-order valence-electron chi connectivity index (χ0n) is 10.6. The lowest BCUT2D eigenvalue weighted by Crippen LogP contribution is -2.34. The molecule has 0 amide bonds. The van der Waals surface area contributed by atoms with Gasteiger partial charge in [0.2, 0.25) is 0 Å². The van der Waals surface area contributed by atoms with Gasteiger partial charge in [0, 0.05) is 6.04 Å². The van der Waals surface area contributed by atoms with Gasteiger partial charge in [-0.2, -0.15) is 0 Å². The summed E-state index contributed by atoms with van der Waals surface area (Å²) in [5.41, 5.74) is 0. The van der Waals surface area contributed by atoms with Crippen LogP contribution in [0.1, 0.15) is 58.8 Å². The van der Waals surface area contributed by atoms with E-state index in [9.17, 15) is 0 Å². The van der Waals surface area contributed by atoms with Crippen LogP contribution in [0.3, 0.4) is 0 Å². The normalized spacial score (nSPS) is 40.8. The first-order valence-electron chi connectivity index (χ1n) is 6.67. The molecular weight excluding hydrogens is 195 g/mol. The van der Waals surface area contributed by atoms with Gasteiger partial charge in [0.15, 0.2) is 0 Å². The van der Waals surface area contributed by atoms with Crippen LogP contribution in [0, 0.1) is 0 Å². The standard InChI is InChI=1S/C13H23BN2/c1-10-15-11-6-3-4-8-13(2,14)9-5-7-12(11)16-10/h11-12H,3-9H2,1-2H3,(H,15,16). The van der Waals surface area contributed by atoms with Gasteiger partial charge in [-0.15, -0.1) is 0 Å². The van der Waals surface area contributed by atoms with Crippen molar-refractivity contribution >= 4 is 13.7 Å².